The van der Waals surface area contributed by atoms with Crippen molar-refractivity contribution in [3.8, 4) is 0 Å². The third-order valence-corrected chi connectivity index (χ3v) is 2.56. The average Bonchev–Trinajstić information content (AvgIpc) is 1.86. The number of hydrogen-bond acceptors (Lipinski definition) is 1. The van der Waals surface area contributed by atoms with Crippen LogP contribution in [0.3, 0.4) is 0 Å². The van der Waals surface area contributed by atoms with Crippen molar-refractivity contribution >= 4 is 22.4 Å². The normalized spacial score (nSPS) is 18.5. The van der Waals surface area contributed by atoms with Crippen molar-refractivity contribution in [2.75, 3.05) is 5.75 Å². The van der Waals surface area contributed by atoms with Gasteiger partial charge in [0, 0.05) is 5.75 Å². The van der Waals surface area contributed by atoms with Gasteiger partial charge in [0.15, 0.2) is 0 Å². The van der Waals surface area contributed by atoms with E-state index < -0.39 is 21.7 Å². The molecule has 0 aliphatic carbocycles. The van der Waals surface area contributed by atoms with E-state index in [9.17, 15) is 17.4 Å². The molecule has 62 valence electrons. The van der Waals surface area contributed by atoms with Gasteiger partial charge in [0.25, 0.3) is 0 Å². The van der Waals surface area contributed by atoms with E-state index in [1.165, 1.54) is 6.92 Å². The molecule has 0 saturated carbocycles. The lowest BCUT2D eigenvalue weighted by Crippen LogP contribution is -2.32. The maximum absolute atomic E-state index is 12.1. The van der Waals surface area contributed by atoms with Crippen LogP contribution in [0.15, 0.2) is 0 Å². The van der Waals surface area contributed by atoms with E-state index in [4.69, 9.17) is 0 Å². The summed E-state index contributed by atoms with van der Waals surface area (Å²) in [6.07, 6.45) is 0. The van der Waals surface area contributed by atoms with Gasteiger partial charge in [-0.05, 0) is 0 Å². The molecule has 0 aliphatic rings. The van der Waals surface area contributed by atoms with Crippen molar-refractivity contribution in [2.45, 2.75) is 17.8 Å². The molecule has 2 unspecified atom stereocenters. The quantitative estimate of drug-likeness (QED) is 0.627. The van der Waals surface area contributed by atoms with Crippen LogP contribution in [0.5, 0.6) is 0 Å². The van der Waals surface area contributed by atoms with E-state index >= 15 is 0 Å². The van der Waals surface area contributed by atoms with Crippen LogP contribution in [0, 0.1) is 0 Å². The van der Waals surface area contributed by atoms with Crippen molar-refractivity contribution in [2.24, 2.45) is 0 Å². The fourth-order valence-corrected chi connectivity index (χ4v) is 1.17. The molecule has 0 rings (SSSR count). The third-order valence-electron chi connectivity index (χ3n) is 0.820. The Balaban J connectivity index is 4.24. The third kappa shape index (κ3) is 2.12. The lowest BCUT2D eigenvalue weighted by Gasteiger charge is -2.13. The van der Waals surface area contributed by atoms with E-state index in [-0.39, 0.29) is 5.75 Å². The molecule has 0 fully saturated rings. The minimum Gasteiger partial charge on any atom is -0.253 e. The standard InChI is InChI=1S/C4H6ClF3OS/c1-2-10(9)4(7,8)3(5)6/h3H,2H2,1H3. The largest absolute Gasteiger partial charge is 0.365 e. The molecular weight excluding hydrogens is 189 g/mol. The van der Waals surface area contributed by atoms with E-state index in [1.807, 2.05) is 0 Å². The number of alkyl halides is 4. The van der Waals surface area contributed by atoms with Gasteiger partial charge in [-0.15, -0.1) is 0 Å². The van der Waals surface area contributed by atoms with Crippen LogP contribution in [0.25, 0.3) is 0 Å². The summed E-state index contributed by atoms with van der Waals surface area (Å²) in [5.41, 5.74) is -2.87. The number of halogens is 4. The molecule has 0 N–H and O–H groups in total. The maximum Gasteiger partial charge on any atom is 0.365 e. The van der Waals surface area contributed by atoms with Crippen LogP contribution < -0.4 is 0 Å². The molecule has 0 heterocycles. The Kier molecular flexibility index (Phi) is 3.65. The minimum absolute atomic E-state index is 0.305. The molecule has 6 heteroatoms. The monoisotopic (exact) mass is 194 g/mol. The summed E-state index contributed by atoms with van der Waals surface area (Å²) < 4.78 is 46.3. The van der Waals surface area contributed by atoms with E-state index in [1.54, 1.807) is 0 Å². The Hall–Kier alpha value is 0.230. The highest BCUT2D eigenvalue weighted by molar-refractivity contribution is 7.86. The Morgan fingerprint density at radius 3 is 2.20 bits per heavy atom. The average molecular weight is 195 g/mol. The van der Waals surface area contributed by atoms with Gasteiger partial charge in [-0.25, -0.2) is 4.39 Å². The van der Waals surface area contributed by atoms with Crippen LogP contribution >= 0.6 is 11.6 Å². The number of hydrogen-bond donors (Lipinski definition) is 0. The van der Waals surface area contributed by atoms with Crippen molar-refractivity contribution < 1.29 is 17.4 Å². The summed E-state index contributed by atoms with van der Waals surface area (Å²) in [5, 5.41) is -3.92. The van der Waals surface area contributed by atoms with Gasteiger partial charge in [-0.1, -0.05) is 18.5 Å². The first-order chi connectivity index (χ1) is 4.42. The van der Waals surface area contributed by atoms with Gasteiger partial charge in [0.05, 0.1) is 10.8 Å². The molecule has 0 aliphatic heterocycles. The fourth-order valence-electron chi connectivity index (χ4n) is 0.292. The second-order valence-corrected chi connectivity index (χ2v) is 3.69. The smallest absolute Gasteiger partial charge is 0.253 e. The van der Waals surface area contributed by atoms with Gasteiger partial charge in [-0.3, -0.25) is 4.21 Å². The minimum atomic E-state index is -3.92. The molecule has 0 radical (unpaired) electrons. The molecule has 0 bridgehead atoms. The first-order valence-corrected chi connectivity index (χ1v) is 4.23. The summed E-state index contributed by atoms with van der Waals surface area (Å²) in [5.74, 6) is -0.305. The molecule has 0 amide bonds. The Labute approximate surface area is 64.0 Å². The SMILES string of the molecule is CCS(=O)C(F)(F)C(F)Cl. The molecule has 10 heavy (non-hydrogen) atoms. The van der Waals surface area contributed by atoms with E-state index in [0.717, 1.165) is 0 Å². The van der Waals surface area contributed by atoms with Gasteiger partial charge in [0.1, 0.15) is 0 Å². The van der Waals surface area contributed by atoms with Crippen LogP contribution in [-0.4, -0.2) is 20.8 Å². The van der Waals surface area contributed by atoms with E-state index in [0.29, 0.717) is 0 Å². The summed E-state index contributed by atoms with van der Waals surface area (Å²) in [6.45, 7) is 1.27. The summed E-state index contributed by atoms with van der Waals surface area (Å²) in [6, 6.07) is 0. The molecular formula is C4H6ClF3OS. The lowest BCUT2D eigenvalue weighted by atomic mass is 10.8. The second-order valence-electron chi connectivity index (χ2n) is 1.50. The van der Waals surface area contributed by atoms with Gasteiger partial charge >= 0.3 is 5.25 Å². The second kappa shape index (κ2) is 3.57. The molecule has 0 aromatic heterocycles. The van der Waals surface area contributed by atoms with Gasteiger partial charge < -0.3 is 0 Å². The predicted molar refractivity (Wildman–Crippen MR) is 34.4 cm³/mol. The van der Waals surface area contributed by atoms with Gasteiger partial charge in [0.2, 0.25) is 5.63 Å². The highest BCUT2D eigenvalue weighted by Gasteiger charge is 2.44. The lowest BCUT2D eigenvalue weighted by molar-refractivity contribution is 0.0480. The first kappa shape index (κ1) is 10.2. The fraction of sp³-hybridized carbons (Fsp3) is 1.00. The maximum atomic E-state index is 12.1. The molecule has 1 nitrogen and oxygen atoms in total. The zero-order chi connectivity index (χ0) is 8.36. The van der Waals surface area contributed by atoms with Gasteiger partial charge in [-0.2, -0.15) is 8.78 Å². The molecule has 0 aromatic carbocycles. The van der Waals surface area contributed by atoms with Crippen LogP contribution in [0.1, 0.15) is 6.92 Å². The summed E-state index contributed by atoms with van der Waals surface area (Å²) >= 11 is 4.43. The van der Waals surface area contributed by atoms with Crippen LogP contribution in [0.4, 0.5) is 13.2 Å². The molecule has 2 atom stereocenters. The number of rotatable bonds is 3. The predicted octanol–water partition coefficient (Wildman–Crippen LogP) is 1.88. The Morgan fingerprint density at radius 2 is 2.10 bits per heavy atom. The van der Waals surface area contributed by atoms with Crippen LogP contribution in [-0.2, 0) is 10.8 Å². The highest BCUT2D eigenvalue weighted by Crippen LogP contribution is 2.28. The van der Waals surface area contributed by atoms with Crippen molar-refractivity contribution in [3.63, 3.8) is 0 Å². The van der Waals surface area contributed by atoms with Crippen molar-refractivity contribution in [1.82, 2.24) is 0 Å². The highest BCUT2D eigenvalue weighted by atomic mass is 35.5. The summed E-state index contributed by atoms with van der Waals surface area (Å²) in [4.78, 5) is 0. The molecule has 0 spiro atoms. The first-order valence-electron chi connectivity index (χ1n) is 2.47. The Bertz CT molecular complexity index is 138. The molecule has 0 saturated heterocycles. The van der Waals surface area contributed by atoms with Crippen LogP contribution in [0.2, 0.25) is 0 Å². The Morgan fingerprint density at radius 1 is 1.70 bits per heavy atom. The topological polar surface area (TPSA) is 17.1 Å². The van der Waals surface area contributed by atoms with Crippen molar-refractivity contribution in [3.05, 3.63) is 0 Å². The summed E-state index contributed by atoms with van der Waals surface area (Å²) in [7, 11) is -2.51. The zero-order valence-corrected chi connectivity index (χ0v) is 6.69. The van der Waals surface area contributed by atoms with Crippen molar-refractivity contribution in [1.29, 1.82) is 0 Å². The van der Waals surface area contributed by atoms with E-state index in [2.05, 4.69) is 11.6 Å². The molecule has 0 aromatic rings. The zero-order valence-electron chi connectivity index (χ0n) is 5.11.